The molecule has 1 aromatic rings. The molecule has 0 aromatic heterocycles. The zero-order chi connectivity index (χ0) is 10.7. The van der Waals surface area contributed by atoms with E-state index >= 15 is 0 Å². The van der Waals surface area contributed by atoms with Crippen molar-refractivity contribution in [3.63, 3.8) is 0 Å². The van der Waals surface area contributed by atoms with E-state index in [0.717, 1.165) is 13.2 Å². The van der Waals surface area contributed by atoms with Gasteiger partial charge in [0.1, 0.15) is 0 Å². The topological polar surface area (TPSA) is 44.5 Å². The van der Waals surface area contributed by atoms with Gasteiger partial charge in [0.05, 0.1) is 13.7 Å². The van der Waals surface area contributed by atoms with Gasteiger partial charge in [0.25, 0.3) is 0 Å². The highest BCUT2D eigenvalue weighted by Crippen LogP contribution is 2.27. The predicted octanol–water partition coefficient (Wildman–Crippen LogP) is 1.50. The SMILES string of the molecule is COc1c(CON)cc(F)c(F)c1F. The summed E-state index contributed by atoms with van der Waals surface area (Å²) in [5.41, 5.74) is 0.00593. The monoisotopic (exact) mass is 207 g/mol. The van der Waals surface area contributed by atoms with Gasteiger partial charge in [0.15, 0.2) is 17.4 Å². The molecule has 0 heterocycles. The Labute approximate surface area is 78.2 Å². The second kappa shape index (κ2) is 4.30. The van der Waals surface area contributed by atoms with Crippen LogP contribution in [0.25, 0.3) is 0 Å². The van der Waals surface area contributed by atoms with Gasteiger partial charge >= 0.3 is 0 Å². The highest BCUT2D eigenvalue weighted by molar-refractivity contribution is 5.36. The first kappa shape index (κ1) is 10.8. The summed E-state index contributed by atoms with van der Waals surface area (Å²) >= 11 is 0. The van der Waals surface area contributed by atoms with Crippen molar-refractivity contribution in [2.75, 3.05) is 7.11 Å². The molecule has 0 saturated carbocycles. The average molecular weight is 207 g/mol. The summed E-state index contributed by atoms with van der Waals surface area (Å²) in [6.07, 6.45) is 0. The molecule has 0 amide bonds. The Morgan fingerprint density at radius 3 is 2.43 bits per heavy atom. The molecular formula is C8H8F3NO2. The van der Waals surface area contributed by atoms with Crippen molar-refractivity contribution in [2.45, 2.75) is 6.61 Å². The minimum atomic E-state index is -1.58. The van der Waals surface area contributed by atoms with Crippen LogP contribution >= 0.6 is 0 Å². The lowest BCUT2D eigenvalue weighted by atomic mass is 10.2. The number of nitrogens with two attached hydrogens (primary N) is 1. The molecule has 0 radical (unpaired) electrons. The maximum Gasteiger partial charge on any atom is 0.204 e. The third-order valence-corrected chi connectivity index (χ3v) is 1.64. The highest BCUT2D eigenvalue weighted by Gasteiger charge is 2.19. The van der Waals surface area contributed by atoms with Crippen molar-refractivity contribution in [2.24, 2.45) is 5.90 Å². The maximum absolute atomic E-state index is 13.0. The van der Waals surface area contributed by atoms with E-state index in [1.54, 1.807) is 0 Å². The van der Waals surface area contributed by atoms with Crippen LogP contribution in [0.5, 0.6) is 5.75 Å². The summed E-state index contributed by atoms with van der Waals surface area (Å²) < 4.78 is 43.0. The van der Waals surface area contributed by atoms with Gasteiger partial charge in [-0.05, 0) is 6.07 Å². The van der Waals surface area contributed by atoms with Crippen LogP contribution in [0.4, 0.5) is 13.2 Å². The summed E-state index contributed by atoms with van der Waals surface area (Å²) in [6.45, 7) is -0.267. The molecule has 1 aromatic carbocycles. The van der Waals surface area contributed by atoms with Gasteiger partial charge in [-0.1, -0.05) is 0 Å². The van der Waals surface area contributed by atoms with Gasteiger partial charge < -0.3 is 4.74 Å². The van der Waals surface area contributed by atoms with Crippen LogP contribution < -0.4 is 10.6 Å². The van der Waals surface area contributed by atoms with Gasteiger partial charge in [-0.3, -0.25) is 4.84 Å². The van der Waals surface area contributed by atoms with Crippen molar-refractivity contribution in [1.29, 1.82) is 0 Å². The summed E-state index contributed by atoms with van der Waals surface area (Å²) in [7, 11) is 1.13. The Morgan fingerprint density at radius 2 is 1.93 bits per heavy atom. The molecule has 1 rings (SSSR count). The van der Waals surface area contributed by atoms with Crippen LogP contribution in [0.2, 0.25) is 0 Å². The quantitative estimate of drug-likeness (QED) is 0.603. The number of rotatable bonds is 3. The van der Waals surface area contributed by atoms with Crippen LogP contribution in [0.3, 0.4) is 0 Å². The molecule has 0 saturated heterocycles. The first-order valence-corrected chi connectivity index (χ1v) is 3.63. The smallest absolute Gasteiger partial charge is 0.204 e. The van der Waals surface area contributed by atoms with E-state index in [2.05, 4.69) is 9.57 Å². The molecule has 14 heavy (non-hydrogen) atoms. The van der Waals surface area contributed by atoms with Gasteiger partial charge in [-0.2, -0.15) is 4.39 Å². The maximum atomic E-state index is 13.0. The lowest BCUT2D eigenvalue weighted by molar-refractivity contribution is 0.121. The number of methoxy groups -OCH3 is 1. The molecular weight excluding hydrogens is 199 g/mol. The van der Waals surface area contributed by atoms with E-state index < -0.39 is 23.2 Å². The van der Waals surface area contributed by atoms with Crippen molar-refractivity contribution in [1.82, 2.24) is 0 Å². The van der Waals surface area contributed by atoms with Gasteiger partial charge in [-0.25, -0.2) is 14.7 Å². The molecule has 0 aliphatic rings. The Bertz CT molecular complexity index is 344. The number of hydrogen-bond donors (Lipinski definition) is 1. The van der Waals surface area contributed by atoms with E-state index in [0.29, 0.717) is 0 Å². The normalized spacial score (nSPS) is 10.4. The van der Waals surface area contributed by atoms with Crippen LogP contribution in [-0.2, 0) is 11.4 Å². The highest BCUT2D eigenvalue weighted by atomic mass is 19.2. The van der Waals surface area contributed by atoms with Crippen molar-refractivity contribution >= 4 is 0 Å². The minimum absolute atomic E-state index is 0.00593. The number of benzene rings is 1. The summed E-state index contributed by atoms with van der Waals surface area (Å²) in [6, 6.07) is 0.768. The standard InChI is InChI=1S/C8H8F3NO2/c1-13-8-4(3-14-12)2-5(9)6(10)7(8)11/h2H,3,12H2,1H3. The van der Waals surface area contributed by atoms with Gasteiger partial charge in [0, 0.05) is 5.56 Å². The molecule has 2 N–H and O–H groups in total. The van der Waals surface area contributed by atoms with Crippen molar-refractivity contribution in [3.8, 4) is 5.75 Å². The van der Waals surface area contributed by atoms with Gasteiger partial charge in [-0.15, -0.1) is 0 Å². The zero-order valence-corrected chi connectivity index (χ0v) is 7.31. The van der Waals surface area contributed by atoms with Crippen LogP contribution in [-0.4, -0.2) is 7.11 Å². The Hall–Kier alpha value is -1.27. The third kappa shape index (κ3) is 1.80. The molecule has 6 heteroatoms. The summed E-state index contributed by atoms with van der Waals surface area (Å²) in [5.74, 6) is 0.0401. The lowest BCUT2D eigenvalue weighted by Gasteiger charge is -2.09. The van der Waals surface area contributed by atoms with E-state index in [1.807, 2.05) is 0 Å². The molecule has 0 fully saturated rings. The third-order valence-electron chi connectivity index (χ3n) is 1.64. The zero-order valence-electron chi connectivity index (χ0n) is 7.31. The van der Waals surface area contributed by atoms with E-state index in [4.69, 9.17) is 5.90 Å². The Morgan fingerprint density at radius 1 is 1.29 bits per heavy atom. The fourth-order valence-corrected chi connectivity index (χ4v) is 1.05. The predicted molar refractivity (Wildman–Crippen MR) is 41.8 cm³/mol. The molecule has 0 atom stereocenters. The second-order valence-corrected chi connectivity index (χ2v) is 2.49. The Balaban J connectivity index is 3.28. The van der Waals surface area contributed by atoms with Crippen molar-refractivity contribution in [3.05, 3.63) is 29.1 Å². The van der Waals surface area contributed by atoms with E-state index in [1.165, 1.54) is 0 Å². The molecule has 78 valence electrons. The first-order valence-electron chi connectivity index (χ1n) is 3.63. The molecule has 0 aliphatic carbocycles. The van der Waals surface area contributed by atoms with Crippen LogP contribution in [0.1, 0.15) is 5.56 Å². The number of hydrogen-bond acceptors (Lipinski definition) is 3. The van der Waals surface area contributed by atoms with Crippen LogP contribution in [0.15, 0.2) is 6.07 Å². The number of ether oxygens (including phenoxy) is 1. The average Bonchev–Trinajstić information content (AvgIpc) is 2.16. The first-order chi connectivity index (χ1) is 6.61. The fraction of sp³-hybridized carbons (Fsp3) is 0.250. The van der Waals surface area contributed by atoms with Crippen LogP contribution in [0, 0.1) is 17.5 Å². The largest absolute Gasteiger partial charge is 0.493 e. The second-order valence-electron chi connectivity index (χ2n) is 2.49. The van der Waals surface area contributed by atoms with Crippen molar-refractivity contribution < 1.29 is 22.7 Å². The summed E-state index contributed by atoms with van der Waals surface area (Å²) in [4.78, 5) is 4.18. The molecule has 3 nitrogen and oxygen atoms in total. The fourth-order valence-electron chi connectivity index (χ4n) is 1.05. The molecule has 0 unspecified atom stereocenters. The Kier molecular flexibility index (Phi) is 3.32. The summed E-state index contributed by atoms with van der Waals surface area (Å²) in [5, 5.41) is 0. The number of halogens is 3. The molecule has 0 spiro atoms. The molecule has 0 aliphatic heterocycles. The molecule has 0 bridgehead atoms. The van der Waals surface area contributed by atoms with E-state index in [-0.39, 0.29) is 12.2 Å². The van der Waals surface area contributed by atoms with E-state index in [9.17, 15) is 13.2 Å². The lowest BCUT2D eigenvalue weighted by Crippen LogP contribution is -2.05. The minimum Gasteiger partial charge on any atom is -0.493 e. The van der Waals surface area contributed by atoms with Gasteiger partial charge in [0.2, 0.25) is 5.82 Å².